The number of nitrogens with one attached hydrogen (secondary N) is 1. The van der Waals surface area contributed by atoms with Crippen molar-refractivity contribution in [3.05, 3.63) is 36.3 Å². The molecule has 2 aromatic rings. The number of thiocarbonyl (C=S) groups is 1. The molecule has 2 unspecified atom stereocenters. The highest BCUT2D eigenvalue weighted by molar-refractivity contribution is 7.80. The molecule has 3 rings (SSSR count). The zero-order chi connectivity index (χ0) is 16.4. The summed E-state index contributed by atoms with van der Waals surface area (Å²) in [7, 11) is 1.83. The van der Waals surface area contributed by atoms with E-state index in [0.717, 1.165) is 41.9 Å². The molecule has 23 heavy (non-hydrogen) atoms. The van der Waals surface area contributed by atoms with Gasteiger partial charge in [-0.15, -0.1) is 0 Å². The Morgan fingerprint density at radius 2 is 2.30 bits per heavy atom. The molecule has 5 nitrogen and oxygen atoms in total. The van der Waals surface area contributed by atoms with Crippen LogP contribution >= 0.6 is 12.2 Å². The number of carbonyl (C=O) groups is 1. The van der Waals surface area contributed by atoms with Crippen molar-refractivity contribution in [1.29, 1.82) is 0 Å². The topological polar surface area (TPSA) is 55.6 Å². The van der Waals surface area contributed by atoms with Crippen LogP contribution in [0.2, 0.25) is 0 Å². The van der Waals surface area contributed by atoms with Crippen molar-refractivity contribution < 1.29 is 9.53 Å². The number of hydrogen-bond acceptors (Lipinski definition) is 4. The van der Waals surface area contributed by atoms with Crippen LogP contribution in [-0.2, 0) is 14.9 Å². The quantitative estimate of drug-likeness (QED) is 0.692. The molecule has 0 radical (unpaired) electrons. The molecule has 1 fully saturated rings. The monoisotopic (exact) mass is 331 g/mol. The molecule has 0 spiro atoms. The SMILES string of the molecule is CNC(=S)C1(c2ccc3nccn3c2)CCCCC1OC(C)=O. The first-order chi connectivity index (χ1) is 11.1. The van der Waals surface area contributed by atoms with Crippen LogP contribution in [0.15, 0.2) is 30.7 Å². The number of esters is 1. The maximum Gasteiger partial charge on any atom is 0.302 e. The van der Waals surface area contributed by atoms with E-state index >= 15 is 0 Å². The second kappa shape index (κ2) is 6.28. The first-order valence-electron chi connectivity index (χ1n) is 7.90. The van der Waals surface area contributed by atoms with Crippen molar-refractivity contribution in [2.75, 3.05) is 7.05 Å². The Bertz CT molecular complexity index is 742. The Morgan fingerprint density at radius 1 is 1.48 bits per heavy atom. The molecular weight excluding hydrogens is 310 g/mol. The third-order valence-corrected chi connectivity index (χ3v) is 5.25. The fourth-order valence-electron chi connectivity index (χ4n) is 3.63. The molecule has 122 valence electrons. The van der Waals surface area contributed by atoms with Gasteiger partial charge in [0.15, 0.2) is 0 Å². The van der Waals surface area contributed by atoms with Gasteiger partial charge in [-0.2, -0.15) is 0 Å². The molecular formula is C17H21N3O2S. The minimum absolute atomic E-state index is 0.241. The lowest BCUT2D eigenvalue weighted by Crippen LogP contribution is -2.53. The largest absolute Gasteiger partial charge is 0.461 e. The van der Waals surface area contributed by atoms with Crippen LogP contribution < -0.4 is 5.32 Å². The summed E-state index contributed by atoms with van der Waals surface area (Å²) in [4.78, 5) is 16.6. The molecule has 0 aliphatic heterocycles. The number of hydrogen-bond donors (Lipinski definition) is 1. The van der Waals surface area contributed by atoms with Gasteiger partial charge < -0.3 is 14.5 Å². The number of nitrogens with zero attached hydrogens (tertiary/aromatic N) is 2. The second-order valence-corrected chi connectivity index (χ2v) is 6.41. The molecule has 1 saturated carbocycles. The van der Waals surface area contributed by atoms with E-state index in [-0.39, 0.29) is 12.1 Å². The summed E-state index contributed by atoms with van der Waals surface area (Å²) in [5, 5.41) is 3.13. The molecule has 0 saturated heterocycles. The summed E-state index contributed by atoms with van der Waals surface area (Å²) in [5.74, 6) is -0.260. The van der Waals surface area contributed by atoms with Gasteiger partial charge in [-0.1, -0.05) is 24.7 Å². The number of rotatable bonds is 3. The van der Waals surface area contributed by atoms with E-state index in [1.165, 1.54) is 6.92 Å². The minimum atomic E-state index is -0.480. The standard InChI is InChI=1S/C17H21N3O2S/c1-12(21)22-14-5-3-4-8-17(14,16(23)18-2)13-6-7-15-19-9-10-20(15)11-13/h6-7,9-11,14H,3-5,8H2,1-2H3,(H,18,23). The molecule has 0 aromatic carbocycles. The van der Waals surface area contributed by atoms with Crippen LogP contribution in [0.5, 0.6) is 0 Å². The molecule has 1 aliphatic carbocycles. The maximum absolute atomic E-state index is 11.6. The Balaban J connectivity index is 2.13. The predicted octanol–water partition coefficient (Wildman–Crippen LogP) is 2.62. The average Bonchev–Trinajstić information content (AvgIpc) is 3.01. The number of carbonyl (C=O) groups excluding carboxylic acids is 1. The Kier molecular flexibility index (Phi) is 4.35. The lowest BCUT2D eigenvalue weighted by Gasteiger charge is -2.43. The van der Waals surface area contributed by atoms with Gasteiger partial charge in [0, 0.05) is 32.6 Å². The Hall–Kier alpha value is -1.95. The summed E-state index contributed by atoms with van der Waals surface area (Å²) in [6, 6.07) is 4.03. The van der Waals surface area contributed by atoms with Crippen molar-refractivity contribution in [3.8, 4) is 0 Å². The number of imidazole rings is 1. The molecule has 2 heterocycles. The summed E-state index contributed by atoms with van der Waals surface area (Å²) < 4.78 is 7.67. The molecule has 0 bridgehead atoms. The van der Waals surface area contributed by atoms with Crippen LogP contribution in [0.25, 0.3) is 5.65 Å². The fourth-order valence-corrected chi connectivity index (χ4v) is 3.98. The summed E-state index contributed by atoms with van der Waals surface area (Å²) >= 11 is 5.67. The molecule has 6 heteroatoms. The molecule has 1 N–H and O–H groups in total. The second-order valence-electron chi connectivity index (χ2n) is 6.00. The van der Waals surface area contributed by atoms with Crippen molar-refractivity contribution in [1.82, 2.24) is 14.7 Å². The van der Waals surface area contributed by atoms with Gasteiger partial charge in [-0.25, -0.2) is 4.98 Å². The van der Waals surface area contributed by atoms with Gasteiger partial charge >= 0.3 is 5.97 Å². The van der Waals surface area contributed by atoms with E-state index < -0.39 is 5.41 Å². The van der Waals surface area contributed by atoms with E-state index in [1.54, 1.807) is 6.20 Å². The first kappa shape index (κ1) is 15.9. The van der Waals surface area contributed by atoms with Crippen molar-refractivity contribution in [3.63, 3.8) is 0 Å². The Labute approximate surface area is 141 Å². The van der Waals surface area contributed by atoms with Gasteiger partial charge in [0.2, 0.25) is 0 Å². The van der Waals surface area contributed by atoms with E-state index in [9.17, 15) is 4.79 Å². The number of pyridine rings is 1. The zero-order valence-electron chi connectivity index (χ0n) is 13.4. The van der Waals surface area contributed by atoms with E-state index in [0.29, 0.717) is 0 Å². The van der Waals surface area contributed by atoms with Gasteiger partial charge in [0.1, 0.15) is 11.8 Å². The van der Waals surface area contributed by atoms with Gasteiger partial charge in [-0.3, -0.25) is 4.79 Å². The first-order valence-corrected chi connectivity index (χ1v) is 8.31. The van der Waals surface area contributed by atoms with E-state index in [4.69, 9.17) is 17.0 Å². The Morgan fingerprint density at radius 3 is 3.04 bits per heavy atom. The number of ether oxygens (including phenoxy) is 1. The lowest BCUT2D eigenvalue weighted by molar-refractivity contribution is -0.150. The van der Waals surface area contributed by atoms with Crippen LogP contribution in [0.4, 0.5) is 0 Å². The highest BCUT2D eigenvalue weighted by Crippen LogP contribution is 2.42. The smallest absolute Gasteiger partial charge is 0.302 e. The molecule has 2 aromatic heterocycles. The van der Waals surface area contributed by atoms with Gasteiger partial charge in [-0.05, 0) is 30.9 Å². The fraction of sp³-hybridized carbons (Fsp3) is 0.471. The highest BCUT2D eigenvalue weighted by atomic mass is 32.1. The number of aromatic nitrogens is 2. The zero-order valence-corrected chi connectivity index (χ0v) is 14.2. The number of likely N-dealkylation sites (N-methyl/N-ethyl adjacent to an activating group) is 1. The van der Waals surface area contributed by atoms with Crippen molar-refractivity contribution in [2.45, 2.75) is 44.1 Å². The van der Waals surface area contributed by atoms with Crippen LogP contribution in [0.3, 0.4) is 0 Å². The highest BCUT2D eigenvalue weighted by Gasteiger charge is 2.47. The lowest BCUT2D eigenvalue weighted by atomic mass is 9.67. The minimum Gasteiger partial charge on any atom is -0.461 e. The third kappa shape index (κ3) is 2.72. The van der Waals surface area contributed by atoms with Crippen LogP contribution in [0.1, 0.15) is 38.2 Å². The maximum atomic E-state index is 11.6. The summed E-state index contributed by atoms with van der Waals surface area (Å²) in [5.41, 5.74) is 1.47. The van der Waals surface area contributed by atoms with Crippen molar-refractivity contribution >= 4 is 28.8 Å². The summed E-state index contributed by atoms with van der Waals surface area (Å²) in [6.45, 7) is 1.46. The van der Waals surface area contributed by atoms with E-state index in [2.05, 4.69) is 10.3 Å². The van der Waals surface area contributed by atoms with Crippen LogP contribution in [-0.4, -0.2) is 33.5 Å². The summed E-state index contributed by atoms with van der Waals surface area (Å²) in [6.07, 6.45) is 9.28. The molecule has 1 aliphatic rings. The van der Waals surface area contributed by atoms with Crippen LogP contribution in [0, 0.1) is 0 Å². The van der Waals surface area contributed by atoms with Crippen molar-refractivity contribution in [2.24, 2.45) is 0 Å². The molecule has 2 atom stereocenters. The van der Waals surface area contributed by atoms with Gasteiger partial charge in [0.05, 0.1) is 10.4 Å². The predicted molar refractivity (Wildman–Crippen MR) is 92.5 cm³/mol. The molecule has 0 amide bonds. The van der Waals surface area contributed by atoms with Gasteiger partial charge in [0.25, 0.3) is 0 Å². The normalized spacial score (nSPS) is 24.3. The number of fused-ring (bicyclic) bond motifs is 1. The third-order valence-electron chi connectivity index (χ3n) is 4.68. The average molecular weight is 331 g/mol. The van der Waals surface area contributed by atoms with E-state index in [1.807, 2.05) is 36.0 Å².